The van der Waals surface area contributed by atoms with Gasteiger partial charge in [-0.25, -0.2) is 4.79 Å². The lowest BCUT2D eigenvalue weighted by molar-refractivity contribution is -0.0622. The zero-order valence-corrected chi connectivity index (χ0v) is 13.9. The fourth-order valence-corrected chi connectivity index (χ4v) is 5.79. The Labute approximate surface area is 138 Å². The molecule has 4 bridgehead atoms. The van der Waals surface area contributed by atoms with Gasteiger partial charge in [-0.2, -0.15) is 0 Å². The van der Waals surface area contributed by atoms with Gasteiger partial charge in [0.15, 0.2) is 0 Å². The molecule has 0 radical (unpaired) electrons. The number of carbonyl (C=O) groups is 1. The highest BCUT2D eigenvalue weighted by atomic mass is 16.5. The van der Waals surface area contributed by atoms with Crippen LogP contribution in [0.15, 0.2) is 24.3 Å². The van der Waals surface area contributed by atoms with Crippen LogP contribution >= 0.6 is 0 Å². The van der Waals surface area contributed by atoms with Gasteiger partial charge in [0.25, 0.3) is 0 Å². The van der Waals surface area contributed by atoms with Crippen LogP contribution < -0.4 is 4.74 Å². The summed E-state index contributed by atoms with van der Waals surface area (Å²) < 4.78 is 10.7. The van der Waals surface area contributed by atoms with Gasteiger partial charge in [-0.05, 0) is 92.4 Å². The summed E-state index contributed by atoms with van der Waals surface area (Å²) in [4.78, 5) is 11.4. The number of esters is 1. The van der Waals surface area contributed by atoms with Gasteiger partial charge in [0.2, 0.25) is 0 Å². The highest BCUT2D eigenvalue weighted by Crippen LogP contribution is 2.61. The van der Waals surface area contributed by atoms with E-state index in [0.717, 1.165) is 30.1 Å². The monoisotopic (exact) mass is 314 g/mol. The van der Waals surface area contributed by atoms with E-state index < -0.39 is 0 Å². The van der Waals surface area contributed by atoms with E-state index in [-0.39, 0.29) is 5.97 Å². The Morgan fingerprint density at radius 3 is 2.13 bits per heavy atom. The summed E-state index contributed by atoms with van der Waals surface area (Å²) in [5, 5.41) is 0. The number of carbonyl (C=O) groups excluding carboxylic acids is 1. The number of hydrogen-bond acceptors (Lipinski definition) is 3. The minimum atomic E-state index is -0.301. The normalized spacial score (nSPS) is 34.4. The molecule has 1 aromatic rings. The first-order valence-electron chi connectivity index (χ1n) is 8.97. The molecule has 0 unspecified atom stereocenters. The predicted molar refractivity (Wildman–Crippen MR) is 88.5 cm³/mol. The van der Waals surface area contributed by atoms with Crippen molar-refractivity contribution < 1.29 is 14.3 Å². The largest absolute Gasteiger partial charge is 0.494 e. The van der Waals surface area contributed by atoms with Gasteiger partial charge in [-0.1, -0.05) is 0 Å². The van der Waals surface area contributed by atoms with E-state index in [2.05, 4.69) is 0 Å². The molecule has 3 nitrogen and oxygen atoms in total. The molecule has 0 aliphatic heterocycles. The van der Waals surface area contributed by atoms with Crippen molar-refractivity contribution >= 4 is 5.97 Å². The van der Waals surface area contributed by atoms with Gasteiger partial charge in [0.1, 0.15) is 5.75 Å². The molecule has 4 aliphatic rings. The van der Waals surface area contributed by atoms with E-state index in [1.54, 1.807) is 12.1 Å². The average molecular weight is 314 g/mol. The molecule has 0 N–H and O–H groups in total. The summed E-state index contributed by atoms with van der Waals surface area (Å²) >= 11 is 0. The lowest BCUT2D eigenvalue weighted by Crippen LogP contribution is -2.46. The molecule has 124 valence electrons. The van der Waals surface area contributed by atoms with Crippen molar-refractivity contribution in [2.24, 2.45) is 23.2 Å². The molecule has 0 aromatic heterocycles. The molecule has 5 rings (SSSR count). The maximum absolute atomic E-state index is 11.4. The average Bonchev–Trinajstić information content (AvgIpc) is 2.53. The second-order valence-corrected chi connectivity index (χ2v) is 8.03. The summed E-state index contributed by atoms with van der Waals surface area (Å²) in [6, 6.07) is 7.27. The molecule has 4 saturated carbocycles. The van der Waals surface area contributed by atoms with Crippen molar-refractivity contribution in [1.82, 2.24) is 0 Å². The van der Waals surface area contributed by atoms with Gasteiger partial charge >= 0.3 is 5.97 Å². The third-order valence-electron chi connectivity index (χ3n) is 6.34. The molecule has 4 aliphatic carbocycles. The van der Waals surface area contributed by atoms with Gasteiger partial charge < -0.3 is 9.47 Å². The van der Waals surface area contributed by atoms with Crippen molar-refractivity contribution in [2.45, 2.75) is 44.9 Å². The van der Waals surface area contributed by atoms with Crippen LogP contribution in [0.2, 0.25) is 0 Å². The second kappa shape index (κ2) is 5.85. The van der Waals surface area contributed by atoms with Gasteiger partial charge in [0, 0.05) is 0 Å². The van der Waals surface area contributed by atoms with Crippen molar-refractivity contribution in [2.75, 3.05) is 13.7 Å². The third kappa shape index (κ3) is 2.98. The van der Waals surface area contributed by atoms with E-state index >= 15 is 0 Å². The smallest absolute Gasteiger partial charge is 0.337 e. The van der Waals surface area contributed by atoms with E-state index in [1.165, 1.54) is 52.1 Å². The van der Waals surface area contributed by atoms with Crippen molar-refractivity contribution in [3.05, 3.63) is 29.8 Å². The summed E-state index contributed by atoms with van der Waals surface area (Å²) in [6.07, 6.45) is 9.98. The van der Waals surface area contributed by atoms with E-state index in [0.29, 0.717) is 11.0 Å². The van der Waals surface area contributed by atoms with Crippen LogP contribution in [0.4, 0.5) is 0 Å². The Balaban J connectivity index is 1.33. The zero-order chi connectivity index (χ0) is 15.9. The van der Waals surface area contributed by atoms with Gasteiger partial charge in [0.05, 0.1) is 19.3 Å². The maximum atomic E-state index is 11.4. The van der Waals surface area contributed by atoms with Crippen molar-refractivity contribution in [3.8, 4) is 5.75 Å². The topological polar surface area (TPSA) is 35.5 Å². The van der Waals surface area contributed by atoms with Crippen molar-refractivity contribution in [1.29, 1.82) is 0 Å². The summed E-state index contributed by atoms with van der Waals surface area (Å²) in [7, 11) is 1.40. The molecular formula is C20H26O3. The van der Waals surface area contributed by atoms with Gasteiger partial charge in [-0.3, -0.25) is 0 Å². The molecule has 3 heteroatoms. The Kier molecular flexibility index (Phi) is 3.82. The number of rotatable bonds is 5. The molecule has 0 spiro atoms. The quantitative estimate of drug-likeness (QED) is 0.753. The highest BCUT2D eigenvalue weighted by molar-refractivity contribution is 5.89. The number of hydrogen-bond donors (Lipinski definition) is 0. The first-order valence-corrected chi connectivity index (χ1v) is 8.97. The van der Waals surface area contributed by atoms with Crippen LogP contribution in [0.5, 0.6) is 5.75 Å². The molecule has 0 saturated heterocycles. The minimum Gasteiger partial charge on any atom is -0.494 e. The lowest BCUT2D eigenvalue weighted by Gasteiger charge is -2.57. The minimum absolute atomic E-state index is 0.301. The molecule has 23 heavy (non-hydrogen) atoms. The van der Waals surface area contributed by atoms with Crippen LogP contribution in [0.25, 0.3) is 0 Å². The van der Waals surface area contributed by atoms with Crippen LogP contribution in [0, 0.1) is 23.2 Å². The van der Waals surface area contributed by atoms with Crippen LogP contribution in [-0.4, -0.2) is 19.7 Å². The fourth-order valence-electron chi connectivity index (χ4n) is 5.79. The predicted octanol–water partition coefficient (Wildman–Crippen LogP) is 4.46. The fraction of sp³-hybridized carbons (Fsp3) is 0.650. The Bertz CT molecular complexity index is 540. The molecular weight excluding hydrogens is 288 g/mol. The summed E-state index contributed by atoms with van der Waals surface area (Å²) in [5.41, 5.74) is 1.14. The molecule has 4 fully saturated rings. The summed E-state index contributed by atoms with van der Waals surface area (Å²) in [5.74, 6) is 3.55. The van der Waals surface area contributed by atoms with Crippen LogP contribution in [-0.2, 0) is 4.74 Å². The van der Waals surface area contributed by atoms with Crippen LogP contribution in [0.1, 0.15) is 55.3 Å². The van der Waals surface area contributed by atoms with E-state index in [4.69, 9.17) is 9.47 Å². The number of ether oxygens (including phenoxy) is 2. The Hall–Kier alpha value is -1.51. The zero-order valence-electron chi connectivity index (χ0n) is 13.9. The first kappa shape index (κ1) is 15.0. The molecule has 1 aromatic carbocycles. The molecule has 0 amide bonds. The third-order valence-corrected chi connectivity index (χ3v) is 6.34. The van der Waals surface area contributed by atoms with E-state index in [9.17, 15) is 4.79 Å². The van der Waals surface area contributed by atoms with Gasteiger partial charge in [-0.15, -0.1) is 0 Å². The SMILES string of the molecule is COC(=O)c1ccc(OCCC23CC4CC(CC(C4)C2)C3)cc1. The Morgan fingerprint density at radius 2 is 1.61 bits per heavy atom. The molecule has 0 atom stereocenters. The standard InChI is InChI=1S/C20H26O3/c1-22-19(21)17-2-4-18(5-3-17)23-7-6-20-11-14-8-15(12-20)10-16(9-14)13-20/h2-5,14-16H,6-13H2,1H3. The summed E-state index contributed by atoms with van der Waals surface area (Å²) in [6.45, 7) is 0.795. The van der Waals surface area contributed by atoms with Crippen molar-refractivity contribution in [3.63, 3.8) is 0 Å². The number of methoxy groups -OCH3 is 1. The second-order valence-electron chi connectivity index (χ2n) is 8.03. The highest BCUT2D eigenvalue weighted by Gasteiger charge is 2.50. The lowest BCUT2D eigenvalue weighted by atomic mass is 9.49. The first-order chi connectivity index (χ1) is 11.2. The maximum Gasteiger partial charge on any atom is 0.337 e. The Morgan fingerprint density at radius 1 is 1.04 bits per heavy atom. The molecule has 0 heterocycles. The number of benzene rings is 1. The van der Waals surface area contributed by atoms with Crippen LogP contribution in [0.3, 0.4) is 0 Å². The van der Waals surface area contributed by atoms with E-state index in [1.807, 2.05) is 12.1 Å².